The van der Waals surface area contributed by atoms with Crippen LogP contribution >= 0.6 is 0 Å². The highest BCUT2D eigenvalue weighted by molar-refractivity contribution is 5.83. The molecule has 1 aromatic rings. The minimum absolute atomic E-state index is 0.136. The number of likely N-dealkylation sites (tertiary alicyclic amines) is 1. The summed E-state index contributed by atoms with van der Waals surface area (Å²) in [5.74, 6) is -1.39. The lowest BCUT2D eigenvalue weighted by atomic mass is 10.2. The van der Waals surface area contributed by atoms with Gasteiger partial charge in [-0.1, -0.05) is 12.1 Å². The zero-order valence-electron chi connectivity index (χ0n) is 13.0. The number of hydrogen-bond donors (Lipinski definition) is 0. The van der Waals surface area contributed by atoms with E-state index in [2.05, 4.69) is 0 Å². The van der Waals surface area contributed by atoms with Crippen molar-refractivity contribution in [3.05, 3.63) is 30.1 Å². The second kappa shape index (κ2) is 6.34. The Hall–Kier alpha value is -2.11. The molecule has 1 saturated heterocycles. The Kier molecular flexibility index (Phi) is 4.68. The molecule has 1 fully saturated rings. The van der Waals surface area contributed by atoms with Gasteiger partial charge in [-0.2, -0.15) is 0 Å². The maximum atomic E-state index is 13.5. The number of carbonyl (C=O) groups excluding carboxylic acids is 2. The normalized spacial score (nSPS) is 18.2. The van der Waals surface area contributed by atoms with Crippen LogP contribution in [0.1, 0.15) is 33.6 Å². The molecule has 120 valence electrons. The van der Waals surface area contributed by atoms with E-state index in [1.165, 1.54) is 23.1 Å². The van der Waals surface area contributed by atoms with Gasteiger partial charge in [-0.25, -0.2) is 14.0 Å². The molecule has 1 unspecified atom stereocenters. The largest absolute Gasteiger partial charge is 0.444 e. The van der Waals surface area contributed by atoms with E-state index in [0.717, 1.165) is 0 Å². The summed E-state index contributed by atoms with van der Waals surface area (Å²) in [5.41, 5.74) is -0.639. The molecule has 2 rings (SSSR count). The van der Waals surface area contributed by atoms with Crippen molar-refractivity contribution >= 4 is 12.1 Å². The molecule has 0 aromatic heterocycles. The van der Waals surface area contributed by atoms with Gasteiger partial charge < -0.3 is 9.47 Å². The van der Waals surface area contributed by atoms with E-state index in [1.807, 2.05) is 0 Å². The second-order valence-electron chi connectivity index (χ2n) is 6.18. The fraction of sp³-hybridized carbons (Fsp3) is 0.500. The summed E-state index contributed by atoms with van der Waals surface area (Å²) in [6.45, 7) is 5.70. The Labute approximate surface area is 129 Å². The van der Waals surface area contributed by atoms with Crippen LogP contribution in [-0.2, 0) is 9.53 Å². The lowest BCUT2D eigenvalue weighted by molar-refractivity contribution is -0.139. The Morgan fingerprint density at radius 2 is 1.95 bits per heavy atom. The predicted octanol–water partition coefficient (Wildman–Crippen LogP) is 3.13. The standard InChI is InChI=1S/C16H20FNO4/c1-16(2,3)22-15(20)18-10-6-8-12(18)14(19)21-13-9-5-4-7-11(13)17/h4-5,7,9,12H,6,8,10H2,1-3H3. The van der Waals surface area contributed by atoms with Crippen LogP contribution in [0.25, 0.3) is 0 Å². The average Bonchev–Trinajstić information content (AvgIpc) is 2.89. The maximum absolute atomic E-state index is 13.5. The molecule has 1 aromatic carbocycles. The van der Waals surface area contributed by atoms with E-state index in [0.29, 0.717) is 19.4 Å². The van der Waals surface area contributed by atoms with E-state index in [4.69, 9.17) is 9.47 Å². The minimum atomic E-state index is -0.741. The van der Waals surface area contributed by atoms with E-state index in [-0.39, 0.29) is 5.75 Å². The maximum Gasteiger partial charge on any atom is 0.411 e. The second-order valence-corrected chi connectivity index (χ2v) is 6.18. The zero-order valence-corrected chi connectivity index (χ0v) is 13.0. The molecule has 1 atom stereocenters. The third-order valence-corrected chi connectivity index (χ3v) is 3.20. The summed E-state index contributed by atoms with van der Waals surface area (Å²) in [6.07, 6.45) is 0.600. The van der Waals surface area contributed by atoms with Crippen LogP contribution in [0.15, 0.2) is 24.3 Å². The summed E-state index contributed by atoms with van der Waals surface area (Å²) in [5, 5.41) is 0. The number of amides is 1. The Balaban J connectivity index is 2.05. The Morgan fingerprint density at radius 1 is 1.27 bits per heavy atom. The highest BCUT2D eigenvalue weighted by Gasteiger charge is 2.38. The molecule has 1 amide bonds. The Morgan fingerprint density at radius 3 is 2.59 bits per heavy atom. The van der Waals surface area contributed by atoms with Gasteiger partial charge in [0.05, 0.1) is 0 Å². The van der Waals surface area contributed by atoms with Gasteiger partial charge in [0.25, 0.3) is 0 Å². The summed E-state index contributed by atoms with van der Waals surface area (Å²) >= 11 is 0. The van der Waals surface area contributed by atoms with E-state index >= 15 is 0 Å². The van der Waals surface area contributed by atoms with Crippen LogP contribution in [0.4, 0.5) is 9.18 Å². The highest BCUT2D eigenvalue weighted by Crippen LogP contribution is 2.24. The molecule has 6 heteroatoms. The zero-order chi connectivity index (χ0) is 16.3. The van der Waals surface area contributed by atoms with Gasteiger partial charge >= 0.3 is 12.1 Å². The molecule has 0 spiro atoms. The summed E-state index contributed by atoms with van der Waals surface area (Å²) < 4.78 is 23.9. The molecule has 22 heavy (non-hydrogen) atoms. The molecular formula is C16H20FNO4. The van der Waals surface area contributed by atoms with E-state index in [1.54, 1.807) is 26.8 Å². The number of nitrogens with zero attached hydrogens (tertiary/aromatic N) is 1. The topological polar surface area (TPSA) is 55.8 Å². The number of rotatable bonds is 2. The van der Waals surface area contributed by atoms with E-state index < -0.39 is 29.5 Å². The lowest BCUT2D eigenvalue weighted by Crippen LogP contribution is -2.44. The van der Waals surface area contributed by atoms with Crippen LogP contribution in [0, 0.1) is 5.82 Å². The van der Waals surface area contributed by atoms with Crippen molar-refractivity contribution < 1.29 is 23.5 Å². The smallest absolute Gasteiger partial charge is 0.411 e. The van der Waals surface area contributed by atoms with Gasteiger partial charge in [-0.05, 0) is 45.7 Å². The van der Waals surface area contributed by atoms with Crippen LogP contribution in [0.2, 0.25) is 0 Å². The van der Waals surface area contributed by atoms with Crippen molar-refractivity contribution in [1.29, 1.82) is 0 Å². The van der Waals surface area contributed by atoms with Gasteiger partial charge in [0, 0.05) is 6.54 Å². The Bertz CT molecular complexity index is 568. The summed E-state index contributed by atoms with van der Waals surface area (Å²) in [6, 6.07) is 4.93. The fourth-order valence-electron chi connectivity index (χ4n) is 2.25. The van der Waals surface area contributed by atoms with Crippen LogP contribution in [0.3, 0.4) is 0 Å². The summed E-state index contributed by atoms with van der Waals surface area (Å²) in [4.78, 5) is 25.7. The quantitative estimate of drug-likeness (QED) is 0.622. The van der Waals surface area contributed by atoms with Crippen LogP contribution in [0.5, 0.6) is 5.75 Å². The number of ether oxygens (including phenoxy) is 2. The molecule has 0 bridgehead atoms. The molecule has 0 aliphatic carbocycles. The summed E-state index contributed by atoms with van der Waals surface area (Å²) in [7, 11) is 0. The molecule has 5 nitrogen and oxygen atoms in total. The number of benzene rings is 1. The first-order valence-corrected chi connectivity index (χ1v) is 7.24. The first-order valence-electron chi connectivity index (χ1n) is 7.24. The minimum Gasteiger partial charge on any atom is -0.444 e. The number of para-hydroxylation sites is 1. The van der Waals surface area contributed by atoms with Crippen molar-refractivity contribution in [3.63, 3.8) is 0 Å². The molecular weight excluding hydrogens is 289 g/mol. The highest BCUT2D eigenvalue weighted by atomic mass is 19.1. The molecule has 0 saturated carbocycles. The van der Waals surface area contributed by atoms with Crippen molar-refractivity contribution in [1.82, 2.24) is 4.90 Å². The van der Waals surface area contributed by atoms with Crippen LogP contribution < -0.4 is 4.74 Å². The molecule has 0 N–H and O–H groups in total. The molecule has 0 radical (unpaired) electrons. The fourth-order valence-corrected chi connectivity index (χ4v) is 2.25. The van der Waals surface area contributed by atoms with Crippen LogP contribution in [-0.4, -0.2) is 35.2 Å². The number of esters is 1. The number of hydrogen-bond acceptors (Lipinski definition) is 4. The molecule has 1 aliphatic heterocycles. The van der Waals surface area contributed by atoms with Crippen molar-refractivity contribution in [2.45, 2.75) is 45.3 Å². The van der Waals surface area contributed by atoms with Gasteiger partial charge in [0.2, 0.25) is 0 Å². The van der Waals surface area contributed by atoms with Gasteiger partial charge in [0.15, 0.2) is 11.6 Å². The monoisotopic (exact) mass is 309 g/mol. The predicted molar refractivity (Wildman–Crippen MR) is 78.0 cm³/mol. The molecule has 1 aliphatic rings. The number of carbonyl (C=O) groups is 2. The third-order valence-electron chi connectivity index (χ3n) is 3.20. The number of halogens is 1. The van der Waals surface area contributed by atoms with Crippen molar-refractivity contribution in [2.75, 3.05) is 6.54 Å². The molecule has 1 heterocycles. The van der Waals surface area contributed by atoms with Gasteiger partial charge in [0.1, 0.15) is 11.6 Å². The van der Waals surface area contributed by atoms with Gasteiger partial charge in [-0.15, -0.1) is 0 Å². The SMILES string of the molecule is CC(C)(C)OC(=O)N1CCCC1C(=O)Oc1ccccc1F. The van der Waals surface area contributed by atoms with Crippen molar-refractivity contribution in [2.24, 2.45) is 0 Å². The van der Waals surface area contributed by atoms with E-state index in [9.17, 15) is 14.0 Å². The third kappa shape index (κ3) is 3.96. The lowest BCUT2D eigenvalue weighted by Gasteiger charge is -2.27. The van der Waals surface area contributed by atoms with Gasteiger partial charge in [-0.3, -0.25) is 4.90 Å². The first-order chi connectivity index (χ1) is 10.3. The average molecular weight is 309 g/mol. The van der Waals surface area contributed by atoms with Crippen molar-refractivity contribution in [3.8, 4) is 5.75 Å². The first kappa shape index (κ1) is 16.3.